The first-order chi connectivity index (χ1) is 11.5. The molecule has 1 heterocycles. The van der Waals surface area contributed by atoms with Crippen LogP contribution in [0.4, 0.5) is 4.39 Å². The van der Waals surface area contributed by atoms with Crippen LogP contribution in [0.15, 0.2) is 65.1 Å². The predicted octanol–water partition coefficient (Wildman–Crippen LogP) is 5.06. The van der Waals surface area contributed by atoms with E-state index in [4.69, 9.17) is 5.11 Å². The lowest BCUT2D eigenvalue weighted by Crippen LogP contribution is -2.05. The molecule has 0 unspecified atom stereocenters. The summed E-state index contributed by atoms with van der Waals surface area (Å²) in [5, 5.41) is 8.96. The minimum Gasteiger partial charge on any atom is -0.481 e. The average molecular weight is 388 g/mol. The van der Waals surface area contributed by atoms with Crippen molar-refractivity contribution in [3.63, 3.8) is 0 Å². The van der Waals surface area contributed by atoms with Gasteiger partial charge >= 0.3 is 5.97 Å². The Morgan fingerprint density at radius 2 is 1.67 bits per heavy atom. The summed E-state index contributed by atoms with van der Waals surface area (Å²) in [6, 6.07) is 18.0. The van der Waals surface area contributed by atoms with Crippen LogP contribution in [0.5, 0.6) is 0 Å². The van der Waals surface area contributed by atoms with Gasteiger partial charge in [0.05, 0.1) is 12.1 Å². The summed E-state index contributed by atoms with van der Waals surface area (Å²) < 4.78 is 16.2. The van der Waals surface area contributed by atoms with Crippen LogP contribution in [0.3, 0.4) is 0 Å². The first kappa shape index (κ1) is 16.5. The highest BCUT2D eigenvalue weighted by atomic mass is 79.9. The first-order valence-electron chi connectivity index (χ1n) is 7.49. The number of carboxylic acid groups (broad SMARTS) is 1. The van der Waals surface area contributed by atoms with Crippen LogP contribution in [-0.2, 0) is 11.2 Å². The van der Waals surface area contributed by atoms with Crippen LogP contribution < -0.4 is 0 Å². The molecule has 0 radical (unpaired) electrons. The molecule has 3 aromatic rings. The molecule has 3 rings (SSSR count). The van der Waals surface area contributed by atoms with Crippen molar-refractivity contribution in [2.24, 2.45) is 0 Å². The van der Waals surface area contributed by atoms with E-state index < -0.39 is 5.97 Å². The van der Waals surface area contributed by atoms with Gasteiger partial charge in [0.15, 0.2) is 0 Å². The summed E-state index contributed by atoms with van der Waals surface area (Å²) in [6.07, 6.45) is 0.453. The van der Waals surface area contributed by atoms with Gasteiger partial charge in [0.25, 0.3) is 0 Å². The highest BCUT2D eigenvalue weighted by Crippen LogP contribution is 2.28. The Balaban J connectivity index is 2.09. The molecule has 0 atom stereocenters. The number of carboxylic acids is 1. The Kier molecular flexibility index (Phi) is 4.81. The molecular weight excluding hydrogens is 373 g/mol. The van der Waals surface area contributed by atoms with Crippen molar-refractivity contribution in [2.75, 3.05) is 0 Å². The topological polar surface area (TPSA) is 42.2 Å². The molecule has 1 aromatic heterocycles. The molecule has 24 heavy (non-hydrogen) atoms. The fourth-order valence-corrected chi connectivity index (χ4v) is 2.91. The standard InChI is InChI=1S/C19H15BrFNO2/c20-14-3-1-13(2-4-14)18-11-9-17(10-12-19(23)24)22(18)16-7-5-15(21)6-8-16/h1-9,11H,10,12H2,(H,23,24). The lowest BCUT2D eigenvalue weighted by Gasteiger charge is -2.14. The van der Waals surface area contributed by atoms with E-state index in [1.807, 2.05) is 41.0 Å². The van der Waals surface area contributed by atoms with Gasteiger partial charge in [0.1, 0.15) is 5.82 Å². The van der Waals surface area contributed by atoms with E-state index in [9.17, 15) is 9.18 Å². The van der Waals surface area contributed by atoms with Gasteiger partial charge in [-0.15, -0.1) is 0 Å². The minimum atomic E-state index is -0.841. The average Bonchev–Trinajstić information content (AvgIpc) is 2.98. The third-order valence-corrected chi connectivity index (χ3v) is 4.31. The third kappa shape index (κ3) is 3.57. The number of aromatic nitrogens is 1. The highest BCUT2D eigenvalue weighted by molar-refractivity contribution is 9.10. The fourth-order valence-electron chi connectivity index (χ4n) is 2.65. The normalized spacial score (nSPS) is 10.8. The third-order valence-electron chi connectivity index (χ3n) is 3.78. The van der Waals surface area contributed by atoms with Gasteiger partial charge < -0.3 is 9.67 Å². The van der Waals surface area contributed by atoms with Gasteiger partial charge in [-0.2, -0.15) is 0 Å². The Bertz CT molecular complexity index is 854. The van der Waals surface area contributed by atoms with Crippen LogP contribution in [0, 0.1) is 5.82 Å². The van der Waals surface area contributed by atoms with E-state index in [0.29, 0.717) is 6.42 Å². The molecular formula is C19H15BrFNO2. The first-order valence-corrected chi connectivity index (χ1v) is 8.28. The second kappa shape index (κ2) is 7.01. The molecule has 122 valence electrons. The van der Waals surface area contributed by atoms with Crippen LogP contribution >= 0.6 is 15.9 Å². The minimum absolute atomic E-state index is 0.0466. The number of carbonyl (C=O) groups is 1. The monoisotopic (exact) mass is 387 g/mol. The number of rotatable bonds is 5. The maximum absolute atomic E-state index is 13.3. The molecule has 0 spiro atoms. The number of hydrogen-bond donors (Lipinski definition) is 1. The van der Waals surface area contributed by atoms with E-state index in [0.717, 1.165) is 27.1 Å². The smallest absolute Gasteiger partial charge is 0.303 e. The number of aryl methyl sites for hydroxylation is 1. The molecule has 0 aliphatic heterocycles. The van der Waals surface area contributed by atoms with Crippen LogP contribution in [0.25, 0.3) is 16.9 Å². The Morgan fingerprint density at radius 1 is 1.00 bits per heavy atom. The summed E-state index contributed by atoms with van der Waals surface area (Å²) in [6.45, 7) is 0. The summed E-state index contributed by atoms with van der Waals surface area (Å²) in [5.74, 6) is -1.14. The van der Waals surface area contributed by atoms with Crippen LogP contribution in [0.1, 0.15) is 12.1 Å². The van der Waals surface area contributed by atoms with Gasteiger partial charge in [-0.05, 0) is 60.5 Å². The summed E-state index contributed by atoms with van der Waals surface area (Å²) in [5.41, 5.74) is 3.63. The summed E-state index contributed by atoms with van der Waals surface area (Å²) >= 11 is 3.42. The van der Waals surface area contributed by atoms with Crippen LogP contribution in [-0.4, -0.2) is 15.6 Å². The van der Waals surface area contributed by atoms with Crippen molar-refractivity contribution in [1.29, 1.82) is 0 Å². The number of hydrogen-bond acceptors (Lipinski definition) is 1. The Morgan fingerprint density at radius 3 is 2.29 bits per heavy atom. The van der Waals surface area contributed by atoms with Crippen LogP contribution in [0.2, 0.25) is 0 Å². The highest BCUT2D eigenvalue weighted by Gasteiger charge is 2.13. The second-order valence-corrected chi connectivity index (χ2v) is 6.34. The van der Waals surface area contributed by atoms with Crippen molar-refractivity contribution in [3.05, 3.63) is 76.6 Å². The van der Waals surface area contributed by atoms with Crippen molar-refractivity contribution < 1.29 is 14.3 Å². The molecule has 0 aliphatic rings. The molecule has 0 saturated carbocycles. The maximum Gasteiger partial charge on any atom is 0.303 e. The van der Waals surface area contributed by atoms with E-state index >= 15 is 0 Å². The molecule has 3 nitrogen and oxygen atoms in total. The van der Waals surface area contributed by atoms with Crippen molar-refractivity contribution in [2.45, 2.75) is 12.8 Å². The lowest BCUT2D eigenvalue weighted by atomic mass is 10.1. The molecule has 0 aliphatic carbocycles. The van der Waals surface area contributed by atoms with Crippen molar-refractivity contribution >= 4 is 21.9 Å². The van der Waals surface area contributed by atoms with Crippen molar-refractivity contribution in [3.8, 4) is 16.9 Å². The van der Waals surface area contributed by atoms with Gasteiger partial charge in [-0.3, -0.25) is 4.79 Å². The van der Waals surface area contributed by atoms with Gasteiger partial charge in [0, 0.05) is 15.9 Å². The zero-order valence-corrected chi connectivity index (χ0v) is 14.3. The fraction of sp³-hybridized carbons (Fsp3) is 0.105. The SMILES string of the molecule is O=C(O)CCc1ccc(-c2ccc(Br)cc2)n1-c1ccc(F)cc1. The van der Waals surface area contributed by atoms with Gasteiger partial charge in [0.2, 0.25) is 0 Å². The van der Waals surface area contributed by atoms with Gasteiger partial charge in [-0.25, -0.2) is 4.39 Å². The molecule has 0 bridgehead atoms. The number of benzene rings is 2. The zero-order valence-electron chi connectivity index (χ0n) is 12.7. The lowest BCUT2D eigenvalue weighted by molar-refractivity contribution is -0.136. The Hall–Kier alpha value is -2.40. The molecule has 0 fully saturated rings. The maximum atomic E-state index is 13.3. The number of halogens is 2. The van der Waals surface area contributed by atoms with E-state index in [2.05, 4.69) is 15.9 Å². The molecule has 1 N–H and O–H groups in total. The Labute approximate surface area is 147 Å². The number of nitrogens with zero attached hydrogens (tertiary/aromatic N) is 1. The summed E-state index contributed by atoms with van der Waals surface area (Å²) in [7, 11) is 0. The zero-order chi connectivity index (χ0) is 17.1. The molecule has 0 amide bonds. The van der Waals surface area contributed by atoms with E-state index in [1.165, 1.54) is 12.1 Å². The number of aliphatic carboxylic acids is 1. The van der Waals surface area contributed by atoms with Crippen molar-refractivity contribution in [1.82, 2.24) is 4.57 Å². The molecule has 0 saturated heterocycles. The second-order valence-electron chi connectivity index (χ2n) is 5.42. The van der Waals surface area contributed by atoms with E-state index in [1.54, 1.807) is 12.1 Å². The van der Waals surface area contributed by atoms with E-state index in [-0.39, 0.29) is 12.2 Å². The molecule has 5 heteroatoms. The quantitative estimate of drug-likeness (QED) is 0.664. The summed E-state index contributed by atoms with van der Waals surface area (Å²) in [4.78, 5) is 10.9. The van der Waals surface area contributed by atoms with Gasteiger partial charge in [-0.1, -0.05) is 28.1 Å². The predicted molar refractivity (Wildman–Crippen MR) is 94.8 cm³/mol. The molecule has 2 aromatic carbocycles. The largest absolute Gasteiger partial charge is 0.481 e.